The number of carbonyl (C=O) groups excluding carboxylic acids is 3. The first kappa shape index (κ1) is 22.7. The lowest BCUT2D eigenvalue weighted by molar-refractivity contribution is -0.137. The lowest BCUT2D eigenvalue weighted by atomic mass is 10.1. The van der Waals surface area contributed by atoms with Crippen molar-refractivity contribution < 1.29 is 27.6 Å². The van der Waals surface area contributed by atoms with Crippen LogP contribution in [0.3, 0.4) is 0 Å². The minimum atomic E-state index is -4.62. The number of hydrogen-bond donors (Lipinski definition) is 4. The normalized spacial score (nSPS) is 11.0. The van der Waals surface area contributed by atoms with Crippen molar-refractivity contribution in [3.63, 3.8) is 0 Å². The molecule has 4 N–H and O–H groups in total. The number of amides is 4. The van der Waals surface area contributed by atoms with Crippen molar-refractivity contribution in [1.29, 1.82) is 0 Å². The molecule has 0 aliphatic rings. The zero-order valence-electron chi connectivity index (χ0n) is 16.5. The first-order chi connectivity index (χ1) is 14.0. The monoisotopic (exact) mass is 422 g/mol. The van der Waals surface area contributed by atoms with Gasteiger partial charge in [0.2, 0.25) is 5.91 Å². The van der Waals surface area contributed by atoms with Gasteiger partial charge in [0, 0.05) is 24.2 Å². The van der Waals surface area contributed by atoms with Crippen LogP contribution in [-0.2, 0) is 11.0 Å². The molecule has 0 fully saturated rings. The van der Waals surface area contributed by atoms with E-state index in [1.807, 2.05) is 0 Å². The Kier molecular flexibility index (Phi) is 7.04. The maximum atomic E-state index is 13.0. The largest absolute Gasteiger partial charge is 0.416 e. The van der Waals surface area contributed by atoms with Gasteiger partial charge in [-0.2, -0.15) is 13.2 Å². The first-order valence-corrected chi connectivity index (χ1v) is 8.93. The smallest absolute Gasteiger partial charge is 0.336 e. The van der Waals surface area contributed by atoms with Crippen LogP contribution in [0.2, 0.25) is 0 Å². The molecule has 0 aliphatic carbocycles. The third-order valence-corrected chi connectivity index (χ3v) is 3.71. The molecule has 160 valence electrons. The van der Waals surface area contributed by atoms with Gasteiger partial charge < -0.3 is 21.3 Å². The minimum absolute atomic E-state index is 0.0226. The fourth-order valence-electron chi connectivity index (χ4n) is 2.48. The molecule has 0 unspecified atom stereocenters. The summed E-state index contributed by atoms with van der Waals surface area (Å²) in [5.41, 5.74) is -0.737. The van der Waals surface area contributed by atoms with Gasteiger partial charge in [0.25, 0.3) is 5.91 Å². The van der Waals surface area contributed by atoms with Crippen molar-refractivity contribution >= 4 is 34.9 Å². The topological polar surface area (TPSA) is 99.3 Å². The molecule has 0 aliphatic heterocycles. The van der Waals surface area contributed by atoms with E-state index in [1.165, 1.54) is 25.1 Å². The summed E-state index contributed by atoms with van der Waals surface area (Å²) in [4.78, 5) is 35.7. The van der Waals surface area contributed by atoms with Crippen LogP contribution in [0.5, 0.6) is 0 Å². The van der Waals surface area contributed by atoms with E-state index in [1.54, 1.807) is 19.9 Å². The van der Waals surface area contributed by atoms with E-state index in [9.17, 15) is 27.6 Å². The number of hydrogen-bond acceptors (Lipinski definition) is 3. The molecular formula is C20H21F3N4O3. The molecule has 0 heterocycles. The molecule has 0 atom stereocenters. The van der Waals surface area contributed by atoms with Gasteiger partial charge >= 0.3 is 12.2 Å². The van der Waals surface area contributed by atoms with Gasteiger partial charge in [-0.05, 0) is 50.2 Å². The number of alkyl halides is 3. The summed E-state index contributed by atoms with van der Waals surface area (Å²) in [6, 6.07) is 7.93. The van der Waals surface area contributed by atoms with Gasteiger partial charge in [-0.1, -0.05) is 6.07 Å². The maximum absolute atomic E-state index is 13.0. The molecule has 0 saturated heterocycles. The predicted octanol–water partition coefficient (Wildman–Crippen LogP) is 4.45. The van der Waals surface area contributed by atoms with Crippen molar-refractivity contribution in [2.24, 2.45) is 0 Å². The lowest BCUT2D eigenvalue weighted by Crippen LogP contribution is -2.34. The highest BCUT2D eigenvalue weighted by Crippen LogP contribution is 2.34. The molecule has 0 radical (unpaired) electrons. The molecule has 0 saturated carbocycles. The van der Waals surface area contributed by atoms with Gasteiger partial charge in [0.05, 0.1) is 16.9 Å². The van der Waals surface area contributed by atoms with Crippen molar-refractivity contribution in [3.8, 4) is 0 Å². The van der Waals surface area contributed by atoms with Crippen LogP contribution in [0.15, 0.2) is 42.5 Å². The zero-order chi connectivity index (χ0) is 22.5. The van der Waals surface area contributed by atoms with E-state index in [2.05, 4.69) is 21.3 Å². The summed E-state index contributed by atoms with van der Waals surface area (Å²) in [5.74, 6) is -1.22. The molecular weight excluding hydrogens is 401 g/mol. The third kappa shape index (κ3) is 6.50. The van der Waals surface area contributed by atoms with E-state index >= 15 is 0 Å². The van der Waals surface area contributed by atoms with Crippen LogP contribution >= 0.6 is 0 Å². The Morgan fingerprint density at radius 2 is 1.60 bits per heavy atom. The van der Waals surface area contributed by atoms with Gasteiger partial charge in [-0.25, -0.2) is 4.79 Å². The van der Waals surface area contributed by atoms with Crippen molar-refractivity contribution in [3.05, 3.63) is 53.6 Å². The average Bonchev–Trinajstić information content (AvgIpc) is 2.61. The molecule has 10 heteroatoms. The van der Waals surface area contributed by atoms with E-state index in [0.717, 1.165) is 18.2 Å². The number of rotatable bonds is 5. The van der Waals surface area contributed by atoms with Gasteiger partial charge in [0.15, 0.2) is 0 Å². The lowest BCUT2D eigenvalue weighted by Gasteiger charge is -2.15. The highest BCUT2D eigenvalue weighted by atomic mass is 19.4. The predicted molar refractivity (Wildman–Crippen MR) is 107 cm³/mol. The number of urea groups is 1. The van der Waals surface area contributed by atoms with Crippen LogP contribution in [0.4, 0.5) is 35.0 Å². The fourth-order valence-corrected chi connectivity index (χ4v) is 2.48. The molecule has 2 rings (SSSR count). The molecule has 7 nitrogen and oxygen atoms in total. The van der Waals surface area contributed by atoms with Gasteiger partial charge in [-0.15, -0.1) is 0 Å². The molecule has 0 aromatic heterocycles. The average molecular weight is 422 g/mol. The molecule has 0 bridgehead atoms. The Bertz CT molecular complexity index is 959. The highest BCUT2D eigenvalue weighted by Gasteiger charge is 2.31. The molecule has 30 heavy (non-hydrogen) atoms. The number of nitrogens with one attached hydrogen (secondary N) is 4. The van der Waals surface area contributed by atoms with Crippen molar-refractivity contribution in [2.75, 3.05) is 16.0 Å². The number of benzene rings is 2. The molecule has 2 aromatic carbocycles. The van der Waals surface area contributed by atoms with Crippen LogP contribution in [0, 0.1) is 0 Å². The van der Waals surface area contributed by atoms with Gasteiger partial charge in [0.1, 0.15) is 0 Å². The van der Waals surface area contributed by atoms with Crippen molar-refractivity contribution in [2.45, 2.75) is 33.0 Å². The molecule has 0 spiro atoms. The van der Waals surface area contributed by atoms with Crippen LogP contribution in [0.1, 0.15) is 36.7 Å². The maximum Gasteiger partial charge on any atom is 0.416 e. The fraction of sp³-hybridized carbons (Fsp3) is 0.250. The Balaban J connectivity index is 2.27. The SMILES string of the molecule is CC(=O)Nc1ccc(C(F)(F)F)cc1NC(=O)c1cccc(NC(=O)NC(C)C)c1. The second-order valence-electron chi connectivity index (χ2n) is 6.73. The van der Waals surface area contributed by atoms with Crippen molar-refractivity contribution in [1.82, 2.24) is 5.32 Å². The van der Waals surface area contributed by atoms with E-state index < -0.39 is 29.6 Å². The Labute approximate surface area is 171 Å². The number of halogens is 3. The summed E-state index contributed by atoms with van der Waals surface area (Å²) in [6.45, 7) is 4.76. The summed E-state index contributed by atoms with van der Waals surface area (Å²) in [5, 5.41) is 9.95. The zero-order valence-corrected chi connectivity index (χ0v) is 16.5. The summed E-state index contributed by atoms with van der Waals surface area (Å²) >= 11 is 0. The van der Waals surface area contributed by atoms with Crippen LogP contribution in [0.25, 0.3) is 0 Å². The van der Waals surface area contributed by atoms with E-state index in [4.69, 9.17) is 0 Å². The summed E-state index contributed by atoms with van der Waals surface area (Å²) < 4.78 is 39.1. The molecule has 4 amide bonds. The Hall–Kier alpha value is -3.56. The summed E-state index contributed by atoms with van der Waals surface area (Å²) in [7, 11) is 0. The second-order valence-corrected chi connectivity index (χ2v) is 6.73. The number of anilines is 3. The quantitative estimate of drug-likeness (QED) is 0.573. The van der Waals surface area contributed by atoms with Gasteiger partial charge in [-0.3, -0.25) is 9.59 Å². The standard InChI is InChI=1S/C20H21F3N4O3/c1-11(2)24-19(30)26-15-6-4-5-13(9-15)18(29)27-17-10-14(20(21,22)23)7-8-16(17)25-12(3)28/h4-11H,1-3H3,(H,25,28)(H,27,29)(H2,24,26,30). The Morgan fingerprint density at radius 3 is 2.20 bits per heavy atom. The molecule has 2 aromatic rings. The third-order valence-electron chi connectivity index (χ3n) is 3.71. The minimum Gasteiger partial charge on any atom is -0.336 e. The number of carbonyl (C=O) groups is 3. The Morgan fingerprint density at radius 1 is 0.900 bits per heavy atom. The van der Waals surface area contributed by atoms with Crippen LogP contribution in [-0.4, -0.2) is 23.9 Å². The first-order valence-electron chi connectivity index (χ1n) is 8.93. The van der Waals surface area contributed by atoms with E-state index in [-0.39, 0.29) is 23.0 Å². The summed E-state index contributed by atoms with van der Waals surface area (Å²) in [6.07, 6.45) is -4.62. The van der Waals surface area contributed by atoms with Crippen LogP contribution < -0.4 is 21.3 Å². The van der Waals surface area contributed by atoms with E-state index in [0.29, 0.717) is 5.69 Å². The second kappa shape index (κ2) is 9.29. The highest BCUT2D eigenvalue weighted by molar-refractivity contribution is 6.08.